The summed E-state index contributed by atoms with van der Waals surface area (Å²) in [5, 5.41) is 12.3. The molecule has 18 heavy (non-hydrogen) atoms. The van der Waals surface area contributed by atoms with Crippen LogP contribution < -0.4 is 5.32 Å². The Balaban J connectivity index is 1.93. The Morgan fingerprint density at radius 1 is 1.22 bits per heavy atom. The number of nitrogens with one attached hydrogen (secondary N) is 1. The summed E-state index contributed by atoms with van der Waals surface area (Å²) in [4.78, 5) is 0. The van der Waals surface area contributed by atoms with Gasteiger partial charge in [-0.05, 0) is 31.5 Å². The molecular weight excluding hydrogens is 226 g/mol. The molecule has 96 valence electrons. The van der Waals surface area contributed by atoms with Crippen LogP contribution in [-0.4, -0.2) is 5.11 Å². The second-order valence-electron chi connectivity index (χ2n) is 4.54. The van der Waals surface area contributed by atoms with Crippen molar-refractivity contribution >= 4 is 0 Å². The van der Waals surface area contributed by atoms with Crippen LogP contribution in [0, 0.1) is 6.92 Å². The van der Waals surface area contributed by atoms with Gasteiger partial charge in [0.15, 0.2) is 0 Å². The molecule has 0 aliphatic rings. The number of hydrogen-bond acceptors (Lipinski definition) is 3. The van der Waals surface area contributed by atoms with E-state index in [9.17, 15) is 0 Å². The molecule has 2 aromatic rings. The number of furan rings is 1. The molecule has 0 saturated heterocycles. The highest BCUT2D eigenvalue weighted by atomic mass is 16.4. The lowest BCUT2D eigenvalue weighted by molar-refractivity contribution is 0.242. The molecule has 0 fully saturated rings. The Labute approximate surface area is 107 Å². The van der Waals surface area contributed by atoms with E-state index in [4.69, 9.17) is 9.52 Å². The fourth-order valence-electron chi connectivity index (χ4n) is 1.91. The van der Waals surface area contributed by atoms with E-state index in [-0.39, 0.29) is 12.6 Å². The maximum Gasteiger partial charge on any atom is 0.129 e. The maximum absolute atomic E-state index is 8.92. The van der Waals surface area contributed by atoms with Crippen molar-refractivity contribution in [3.8, 4) is 0 Å². The summed E-state index contributed by atoms with van der Waals surface area (Å²) < 4.78 is 5.43. The van der Waals surface area contributed by atoms with Gasteiger partial charge in [-0.25, -0.2) is 0 Å². The van der Waals surface area contributed by atoms with Gasteiger partial charge in [-0.3, -0.25) is 0 Å². The molecule has 1 atom stereocenters. The van der Waals surface area contributed by atoms with E-state index in [1.54, 1.807) is 6.07 Å². The highest BCUT2D eigenvalue weighted by Crippen LogP contribution is 2.15. The molecule has 0 bridgehead atoms. The summed E-state index contributed by atoms with van der Waals surface area (Å²) in [6.07, 6.45) is 0. The first-order valence-corrected chi connectivity index (χ1v) is 6.17. The van der Waals surface area contributed by atoms with E-state index in [1.807, 2.05) is 6.07 Å². The molecular formula is C15H19NO2. The van der Waals surface area contributed by atoms with E-state index < -0.39 is 0 Å². The summed E-state index contributed by atoms with van der Waals surface area (Å²) in [5.74, 6) is 1.45. The third-order valence-corrected chi connectivity index (χ3v) is 3.00. The minimum Gasteiger partial charge on any atom is -0.462 e. The third kappa shape index (κ3) is 3.22. The van der Waals surface area contributed by atoms with Gasteiger partial charge >= 0.3 is 0 Å². The van der Waals surface area contributed by atoms with Gasteiger partial charge in [-0.15, -0.1) is 0 Å². The van der Waals surface area contributed by atoms with Gasteiger partial charge in [-0.2, -0.15) is 0 Å². The zero-order valence-electron chi connectivity index (χ0n) is 10.8. The Hall–Kier alpha value is -1.58. The van der Waals surface area contributed by atoms with Crippen LogP contribution in [0.1, 0.15) is 35.6 Å². The molecule has 2 N–H and O–H groups in total. The maximum atomic E-state index is 8.92. The fraction of sp³-hybridized carbons (Fsp3) is 0.333. The molecule has 0 amide bonds. The second-order valence-corrected chi connectivity index (χ2v) is 4.54. The van der Waals surface area contributed by atoms with E-state index in [2.05, 4.69) is 43.4 Å². The van der Waals surface area contributed by atoms with Crippen molar-refractivity contribution in [3.63, 3.8) is 0 Å². The Kier molecular flexibility index (Phi) is 4.18. The van der Waals surface area contributed by atoms with E-state index in [1.165, 1.54) is 11.1 Å². The van der Waals surface area contributed by atoms with E-state index in [0.29, 0.717) is 12.3 Å². The highest BCUT2D eigenvalue weighted by molar-refractivity contribution is 5.24. The minimum atomic E-state index is -0.0482. The Bertz CT molecular complexity index is 505. The summed E-state index contributed by atoms with van der Waals surface area (Å²) in [5.41, 5.74) is 2.53. The predicted octanol–water partition coefficient (Wildman–Crippen LogP) is 2.93. The molecule has 1 aromatic heterocycles. The smallest absolute Gasteiger partial charge is 0.129 e. The number of benzene rings is 1. The zero-order valence-corrected chi connectivity index (χ0v) is 10.8. The van der Waals surface area contributed by atoms with Gasteiger partial charge in [0.05, 0.1) is 6.54 Å². The average Bonchev–Trinajstić information content (AvgIpc) is 2.84. The van der Waals surface area contributed by atoms with Crippen LogP contribution in [0.4, 0.5) is 0 Å². The molecule has 2 rings (SSSR count). The van der Waals surface area contributed by atoms with Crippen LogP contribution in [0.2, 0.25) is 0 Å². The van der Waals surface area contributed by atoms with Crippen molar-refractivity contribution in [2.24, 2.45) is 0 Å². The average molecular weight is 245 g/mol. The monoisotopic (exact) mass is 245 g/mol. The molecule has 3 heteroatoms. The molecule has 0 aliphatic carbocycles. The van der Waals surface area contributed by atoms with Gasteiger partial charge in [0, 0.05) is 6.04 Å². The molecule has 1 heterocycles. The SMILES string of the molecule is Cc1cccc([C@@H](C)NCc2ccc(CO)o2)c1. The van der Waals surface area contributed by atoms with Crippen molar-refractivity contribution in [2.45, 2.75) is 33.0 Å². The van der Waals surface area contributed by atoms with Crippen LogP contribution in [0.3, 0.4) is 0 Å². The van der Waals surface area contributed by atoms with Crippen molar-refractivity contribution in [3.05, 3.63) is 59.0 Å². The number of aliphatic hydroxyl groups is 1. The van der Waals surface area contributed by atoms with Gasteiger partial charge in [0.1, 0.15) is 18.1 Å². The molecule has 0 radical (unpaired) electrons. The normalized spacial score (nSPS) is 12.6. The summed E-state index contributed by atoms with van der Waals surface area (Å²) in [6.45, 7) is 4.84. The van der Waals surface area contributed by atoms with Crippen molar-refractivity contribution in [1.82, 2.24) is 5.32 Å². The van der Waals surface area contributed by atoms with Gasteiger partial charge in [-0.1, -0.05) is 29.8 Å². The molecule has 0 saturated carbocycles. The molecule has 0 unspecified atom stereocenters. The van der Waals surface area contributed by atoms with Crippen LogP contribution >= 0.6 is 0 Å². The molecule has 3 nitrogen and oxygen atoms in total. The predicted molar refractivity (Wildman–Crippen MR) is 71.1 cm³/mol. The summed E-state index contributed by atoms with van der Waals surface area (Å²) in [7, 11) is 0. The van der Waals surface area contributed by atoms with E-state index in [0.717, 1.165) is 5.76 Å². The van der Waals surface area contributed by atoms with Crippen molar-refractivity contribution in [1.29, 1.82) is 0 Å². The quantitative estimate of drug-likeness (QED) is 0.851. The number of hydrogen-bond donors (Lipinski definition) is 2. The first kappa shape index (κ1) is 12.9. The summed E-state index contributed by atoms with van der Waals surface area (Å²) in [6, 6.07) is 12.4. The largest absolute Gasteiger partial charge is 0.462 e. The van der Waals surface area contributed by atoms with Crippen LogP contribution in [0.5, 0.6) is 0 Å². The topological polar surface area (TPSA) is 45.4 Å². The lowest BCUT2D eigenvalue weighted by Gasteiger charge is -2.13. The standard InChI is InChI=1S/C15H19NO2/c1-11-4-3-5-13(8-11)12(2)16-9-14-6-7-15(10-17)18-14/h3-8,12,16-17H,9-10H2,1-2H3/t12-/m1/s1. The lowest BCUT2D eigenvalue weighted by atomic mass is 10.1. The first-order chi connectivity index (χ1) is 8.69. The third-order valence-electron chi connectivity index (χ3n) is 3.00. The number of aliphatic hydroxyl groups excluding tert-OH is 1. The minimum absolute atomic E-state index is 0.0482. The van der Waals surface area contributed by atoms with Gasteiger partial charge in [0.2, 0.25) is 0 Å². The number of rotatable bonds is 5. The molecule has 0 aliphatic heterocycles. The zero-order chi connectivity index (χ0) is 13.0. The van der Waals surface area contributed by atoms with Gasteiger partial charge in [0.25, 0.3) is 0 Å². The molecule has 0 spiro atoms. The second kappa shape index (κ2) is 5.85. The lowest BCUT2D eigenvalue weighted by Crippen LogP contribution is -2.17. The Morgan fingerprint density at radius 2 is 2.00 bits per heavy atom. The van der Waals surface area contributed by atoms with Crippen molar-refractivity contribution < 1.29 is 9.52 Å². The van der Waals surface area contributed by atoms with Crippen LogP contribution in [-0.2, 0) is 13.2 Å². The van der Waals surface area contributed by atoms with Crippen LogP contribution in [0.25, 0.3) is 0 Å². The molecule has 1 aromatic carbocycles. The van der Waals surface area contributed by atoms with Gasteiger partial charge < -0.3 is 14.8 Å². The Morgan fingerprint density at radius 3 is 2.67 bits per heavy atom. The number of aryl methyl sites for hydroxylation is 1. The van der Waals surface area contributed by atoms with Crippen LogP contribution in [0.15, 0.2) is 40.8 Å². The highest BCUT2D eigenvalue weighted by Gasteiger charge is 2.06. The fourth-order valence-corrected chi connectivity index (χ4v) is 1.91. The first-order valence-electron chi connectivity index (χ1n) is 6.17. The van der Waals surface area contributed by atoms with Crippen molar-refractivity contribution in [2.75, 3.05) is 0 Å². The van der Waals surface area contributed by atoms with E-state index >= 15 is 0 Å². The summed E-state index contributed by atoms with van der Waals surface area (Å²) >= 11 is 0.